The van der Waals surface area contributed by atoms with E-state index in [-0.39, 0.29) is 17.3 Å². The van der Waals surface area contributed by atoms with Gasteiger partial charge in [-0.15, -0.1) is 0 Å². The molecule has 3 aromatic rings. The van der Waals surface area contributed by atoms with Gasteiger partial charge < -0.3 is 10.2 Å². The molecule has 0 unspecified atom stereocenters. The third kappa shape index (κ3) is 7.23. The third-order valence-corrected chi connectivity index (χ3v) is 8.48. The monoisotopic (exact) mass is 599 g/mol. The van der Waals surface area contributed by atoms with E-state index in [1.165, 1.54) is 4.90 Å². The fraction of sp³-hybridized carbons (Fsp3) is 0.310. The molecule has 3 rings (SSSR count). The molecule has 0 saturated carbocycles. The number of likely N-dealkylation sites (N-methyl/N-ethyl adjacent to an activating group) is 1. The Morgan fingerprint density at radius 3 is 2.03 bits per heavy atom. The molecule has 3 aromatic carbocycles. The van der Waals surface area contributed by atoms with Crippen LogP contribution in [-0.4, -0.2) is 44.3 Å². The highest BCUT2D eigenvalue weighted by atomic mass is 79.9. The number of hydrogen-bond donors (Lipinski definition) is 1. The maximum absolute atomic E-state index is 13.9. The number of halogens is 1. The SMILES string of the molecule is CCNC(=O)[C@@H](C)N(Cc1ccc(Br)cc1)C(=O)CN(c1cc(C)cc(C)c1)S(=O)(=O)c1ccc(C)cc1. The molecule has 9 heteroatoms. The second-order valence-corrected chi connectivity index (χ2v) is 12.2. The lowest BCUT2D eigenvalue weighted by Gasteiger charge is -2.32. The Bertz CT molecular complexity index is 1370. The summed E-state index contributed by atoms with van der Waals surface area (Å²) in [7, 11) is -4.09. The van der Waals surface area contributed by atoms with E-state index in [4.69, 9.17) is 0 Å². The summed E-state index contributed by atoms with van der Waals surface area (Å²) in [6, 6.07) is 18.6. The number of amides is 2. The lowest BCUT2D eigenvalue weighted by Crippen LogP contribution is -2.51. The van der Waals surface area contributed by atoms with Gasteiger partial charge in [0.2, 0.25) is 11.8 Å². The van der Waals surface area contributed by atoms with Crippen LogP contribution < -0.4 is 9.62 Å². The minimum atomic E-state index is -4.09. The van der Waals surface area contributed by atoms with E-state index < -0.39 is 28.5 Å². The molecule has 0 aliphatic rings. The average molecular weight is 601 g/mol. The summed E-state index contributed by atoms with van der Waals surface area (Å²) in [5.41, 5.74) is 3.88. The van der Waals surface area contributed by atoms with Crippen molar-refractivity contribution >= 4 is 43.5 Å². The molecule has 0 saturated heterocycles. The molecule has 202 valence electrons. The number of sulfonamides is 1. The summed E-state index contributed by atoms with van der Waals surface area (Å²) in [5, 5.41) is 2.76. The summed E-state index contributed by atoms with van der Waals surface area (Å²) < 4.78 is 29.8. The molecule has 2 amide bonds. The minimum absolute atomic E-state index is 0.0892. The molecule has 38 heavy (non-hydrogen) atoms. The Hall–Kier alpha value is -3.17. The van der Waals surface area contributed by atoms with Gasteiger partial charge in [0.1, 0.15) is 12.6 Å². The van der Waals surface area contributed by atoms with E-state index in [2.05, 4.69) is 21.2 Å². The summed E-state index contributed by atoms with van der Waals surface area (Å²) in [4.78, 5) is 28.2. The quantitative estimate of drug-likeness (QED) is 0.350. The van der Waals surface area contributed by atoms with Gasteiger partial charge in [-0.3, -0.25) is 13.9 Å². The molecule has 0 radical (unpaired) electrons. The van der Waals surface area contributed by atoms with Crippen LogP contribution >= 0.6 is 15.9 Å². The summed E-state index contributed by atoms with van der Waals surface area (Å²) in [6.07, 6.45) is 0. The van der Waals surface area contributed by atoms with E-state index in [0.717, 1.165) is 31.0 Å². The average Bonchev–Trinajstić information content (AvgIpc) is 2.86. The first kappa shape index (κ1) is 29.4. The van der Waals surface area contributed by atoms with Gasteiger partial charge in [-0.1, -0.05) is 51.8 Å². The van der Waals surface area contributed by atoms with Gasteiger partial charge in [0.15, 0.2) is 0 Å². The zero-order valence-corrected chi connectivity index (χ0v) is 24.8. The third-order valence-electron chi connectivity index (χ3n) is 6.17. The van der Waals surface area contributed by atoms with Crippen LogP contribution in [0.2, 0.25) is 0 Å². The predicted octanol–water partition coefficient (Wildman–Crippen LogP) is 5.12. The lowest BCUT2D eigenvalue weighted by molar-refractivity contribution is -0.139. The number of benzene rings is 3. The lowest BCUT2D eigenvalue weighted by atomic mass is 10.1. The van der Waals surface area contributed by atoms with Crippen LogP contribution in [0.1, 0.15) is 36.1 Å². The number of anilines is 1. The molecule has 0 spiro atoms. The van der Waals surface area contributed by atoms with Crippen molar-refractivity contribution < 1.29 is 18.0 Å². The van der Waals surface area contributed by atoms with Crippen molar-refractivity contribution in [1.29, 1.82) is 0 Å². The Morgan fingerprint density at radius 1 is 0.895 bits per heavy atom. The number of rotatable bonds is 10. The smallest absolute Gasteiger partial charge is 0.264 e. The van der Waals surface area contributed by atoms with E-state index in [9.17, 15) is 18.0 Å². The minimum Gasteiger partial charge on any atom is -0.355 e. The van der Waals surface area contributed by atoms with Crippen LogP contribution in [0, 0.1) is 20.8 Å². The first-order valence-corrected chi connectivity index (χ1v) is 14.6. The first-order valence-electron chi connectivity index (χ1n) is 12.4. The number of hydrogen-bond acceptors (Lipinski definition) is 4. The van der Waals surface area contributed by atoms with Crippen LogP contribution in [0.4, 0.5) is 5.69 Å². The molecular weight excluding hydrogens is 566 g/mol. The van der Waals surface area contributed by atoms with Crippen LogP contribution in [-0.2, 0) is 26.2 Å². The van der Waals surface area contributed by atoms with Crippen molar-refractivity contribution in [3.05, 3.63) is 93.5 Å². The highest BCUT2D eigenvalue weighted by Gasteiger charge is 2.32. The van der Waals surface area contributed by atoms with Gasteiger partial charge in [-0.25, -0.2) is 8.42 Å². The summed E-state index contributed by atoms with van der Waals surface area (Å²) in [6.45, 7) is 9.20. The molecule has 0 aromatic heterocycles. The maximum atomic E-state index is 13.9. The molecule has 0 aliphatic heterocycles. The number of nitrogens with one attached hydrogen (secondary N) is 1. The van der Waals surface area contributed by atoms with E-state index >= 15 is 0 Å². The fourth-order valence-corrected chi connectivity index (χ4v) is 5.81. The number of carbonyl (C=O) groups is 2. The van der Waals surface area contributed by atoms with E-state index in [1.54, 1.807) is 43.3 Å². The normalized spacial score (nSPS) is 12.1. The molecule has 0 aliphatic carbocycles. The van der Waals surface area contributed by atoms with Crippen molar-refractivity contribution in [3.63, 3.8) is 0 Å². The van der Waals surface area contributed by atoms with Gasteiger partial charge in [-0.05, 0) is 87.7 Å². The maximum Gasteiger partial charge on any atom is 0.264 e. The molecule has 0 fully saturated rings. The standard InChI is InChI=1S/C29H34BrN3O4S/c1-6-31-29(35)23(5)32(18-24-9-11-25(30)12-10-24)28(34)19-33(26-16-21(3)15-22(4)17-26)38(36,37)27-13-7-20(2)8-14-27/h7-17,23H,6,18-19H2,1-5H3,(H,31,35)/t23-/m1/s1. The van der Waals surface area contributed by atoms with Crippen LogP contribution in [0.5, 0.6) is 0 Å². The Balaban J connectivity index is 2.06. The zero-order valence-electron chi connectivity index (χ0n) is 22.4. The van der Waals surface area contributed by atoms with E-state index in [0.29, 0.717) is 12.2 Å². The Labute approximate surface area is 234 Å². The zero-order chi connectivity index (χ0) is 28.0. The first-order chi connectivity index (χ1) is 17.9. The summed E-state index contributed by atoms with van der Waals surface area (Å²) >= 11 is 3.41. The van der Waals surface area contributed by atoms with Gasteiger partial charge in [0.05, 0.1) is 10.6 Å². The van der Waals surface area contributed by atoms with Crippen LogP contribution in [0.25, 0.3) is 0 Å². The predicted molar refractivity (Wildman–Crippen MR) is 154 cm³/mol. The van der Waals surface area contributed by atoms with Crippen molar-refractivity contribution in [1.82, 2.24) is 10.2 Å². The number of nitrogens with zero attached hydrogens (tertiary/aromatic N) is 2. The second-order valence-electron chi connectivity index (χ2n) is 9.39. The van der Waals surface area contributed by atoms with Crippen molar-refractivity contribution in [2.45, 2.75) is 52.1 Å². The molecule has 1 atom stereocenters. The van der Waals surface area contributed by atoms with Crippen molar-refractivity contribution in [2.24, 2.45) is 0 Å². The summed E-state index contributed by atoms with van der Waals surface area (Å²) in [5.74, 6) is -0.793. The highest BCUT2D eigenvalue weighted by Crippen LogP contribution is 2.27. The van der Waals surface area contributed by atoms with Gasteiger partial charge in [0, 0.05) is 17.6 Å². The second kappa shape index (κ2) is 12.6. The molecule has 0 bridgehead atoms. The largest absolute Gasteiger partial charge is 0.355 e. The van der Waals surface area contributed by atoms with Crippen LogP contribution in [0.15, 0.2) is 76.1 Å². The van der Waals surface area contributed by atoms with Crippen molar-refractivity contribution in [2.75, 3.05) is 17.4 Å². The molecule has 7 nitrogen and oxygen atoms in total. The van der Waals surface area contributed by atoms with Crippen molar-refractivity contribution in [3.8, 4) is 0 Å². The number of carbonyl (C=O) groups excluding carboxylic acids is 2. The molecular formula is C29H34BrN3O4S. The fourth-order valence-electron chi connectivity index (χ4n) is 4.15. The topological polar surface area (TPSA) is 86.8 Å². The Morgan fingerprint density at radius 2 is 1.47 bits per heavy atom. The Kier molecular flexibility index (Phi) is 9.73. The van der Waals surface area contributed by atoms with Gasteiger partial charge in [-0.2, -0.15) is 0 Å². The van der Waals surface area contributed by atoms with Gasteiger partial charge in [0.25, 0.3) is 10.0 Å². The van der Waals surface area contributed by atoms with E-state index in [1.807, 2.05) is 58.0 Å². The number of aryl methyl sites for hydroxylation is 3. The van der Waals surface area contributed by atoms with Gasteiger partial charge >= 0.3 is 0 Å². The highest BCUT2D eigenvalue weighted by molar-refractivity contribution is 9.10. The molecule has 1 N–H and O–H groups in total. The molecule has 0 heterocycles. The van der Waals surface area contributed by atoms with Crippen LogP contribution in [0.3, 0.4) is 0 Å².